The average molecular weight is 605 g/mol. The molecular formula is C41H40N2OSi. The van der Waals surface area contributed by atoms with E-state index in [1.54, 1.807) is 0 Å². The molecule has 0 amide bonds. The van der Waals surface area contributed by atoms with Crippen molar-refractivity contribution < 1.29 is 4.43 Å². The number of imidazole rings is 1. The summed E-state index contributed by atoms with van der Waals surface area (Å²) in [4.78, 5) is 5.07. The van der Waals surface area contributed by atoms with Crippen molar-refractivity contribution in [2.75, 3.05) is 0 Å². The van der Waals surface area contributed by atoms with Gasteiger partial charge in [0.05, 0.1) is 12.0 Å². The molecule has 0 saturated carbocycles. The number of hydrogen-bond donors (Lipinski definition) is 0. The van der Waals surface area contributed by atoms with Crippen molar-refractivity contribution in [3.63, 3.8) is 0 Å². The van der Waals surface area contributed by atoms with Gasteiger partial charge in [-0.2, -0.15) is 0 Å². The Kier molecular flexibility index (Phi) is 8.53. The normalized spacial score (nSPS) is 12.9. The van der Waals surface area contributed by atoms with E-state index in [1.165, 1.54) is 10.4 Å². The van der Waals surface area contributed by atoms with Crippen LogP contribution >= 0.6 is 0 Å². The first-order chi connectivity index (χ1) is 21.9. The van der Waals surface area contributed by atoms with Crippen molar-refractivity contribution in [2.24, 2.45) is 0 Å². The largest absolute Gasteiger partial charge is 0.395 e. The minimum Gasteiger partial charge on any atom is -0.395 e. The van der Waals surface area contributed by atoms with Gasteiger partial charge in [-0.15, -0.1) is 6.58 Å². The van der Waals surface area contributed by atoms with Crippen molar-refractivity contribution in [1.29, 1.82) is 0 Å². The minimum atomic E-state index is -2.87. The molecule has 0 radical (unpaired) electrons. The van der Waals surface area contributed by atoms with Crippen LogP contribution in [0.1, 0.15) is 49.3 Å². The summed E-state index contributed by atoms with van der Waals surface area (Å²) < 4.78 is 9.74. The van der Waals surface area contributed by atoms with Crippen molar-refractivity contribution >= 4 is 18.7 Å². The van der Waals surface area contributed by atoms with Gasteiger partial charge >= 0.3 is 0 Å². The van der Waals surface area contributed by atoms with E-state index in [1.807, 2.05) is 12.4 Å². The predicted octanol–water partition coefficient (Wildman–Crippen LogP) is 8.53. The quantitative estimate of drug-likeness (QED) is 0.0890. The molecule has 3 nitrogen and oxygen atoms in total. The highest BCUT2D eigenvalue weighted by atomic mass is 28.4. The van der Waals surface area contributed by atoms with Gasteiger partial charge in [-0.3, -0.25) is 0 Å². The van der Waals surface area contributed by atoms with Crippen molar-refractivity contribution in [3.05, 3.63) is 199 Å². The molecule has 0 N–H and O–H groups in total. The molecule has 0 aliphatic rings. The molecule has 6 rings (SSSR count). The van der Waals surface area contributed by atoms with Crippen LogP contribution < -0.4 is 10.4 Å². The van der Waals surface area contributed by atoms with Crippen LogP contribution in [-0.4, -0.2) is 17.9 Å². The number of benzene rings is 5. The smallest absolute Gasteiger partial charge is 0.262 e. The molecule has 1 aromatic heterocycles. The lowest BCUT2D eigenvalue weighted by Crippen LogP contribution is -2.66. The molecule has 0 bridgehead atoms. The van der Waals surface area contributed by atoms with E-state index in [0.29, 0.717) is 0 Å². The zero-order valence-corrected chi connectivity index (χ0v) is 27.3. The summed E-state index contributed by atoms with van der Waals surface area (Å²) in [5.41, 5.74) is 3.61. The van der Waals surface area contributed by atoms with Gasteiger partial charge in [0.25, 0.3) is 8.32 Å². The van der Waals surface area contributed by atoms with Crippen LogP contribution in [0.15, 0.2) is 177 Å². The Morgan fingerprint density at radius 2 is 1.00 bits per heavy atom. The van der Waals surface area contributed by atoms with Gasteiger partial charge in [-0.05, 0) is 32.1 Å². The zero-order chi connectivity index (χ0) is 31.3. The summed E-state index contributed by atoms with van der Waals surface area (Å²) >= 11 is 0. The summed E-state index contributed by atoms with van der Waals surface area (Å²) in [5.74, 6) is 0. The molecule has 224 valence electrons. The molecule has 0 saturated heterocycles. The van der Waals surface area contributed by atoms with Crippen LogP contribution in [0.4, 0.5) is 0 Å². The number of aromatic nitrogens is 2. The van der Waals surface area contributed by atoms with Gasteiger partial charge in [-0.25, -0.2) is 4.98 Å². The SMILES string of the molecule is C=CC(O[Si](c1ccccc1)(c1ccccc1)C(C)(C)C)c1cn(C(c2ccccc2)(c2ccccc2)c2ccccc2)cn1. The van der Waals surface area contributed by atoms with Crippen LogP contribution in [0, 0.1) is 0 Å². The lowest BCUT2D eigenvalue weighted by atomic mass is 9.77. The third-order valence-corrected chi connectivity index (χ3v) is 13.8. The highest BCUT2D eigenvalue weighted by Gasteiger charge is 2.51. The molecule has 5 aromatic carbocycles. The lowest BCUT2D eigenvalue weighted by molar-refractivity contribution is 0.234. The molecule has 6 aromatic rings. The van der Waals surface area contributed by atoms with E-state index in [4.69, 9.17) is 9.41 Å². The maximum absolute atomic E-state index is 7.50. The Bertz CT molecular complexity index is 1680. The van der Waals surface area contributed by atoms with E-state index in [2.05, 4.69) is 190 Å². The molecule has 1 atom stereocenters. The Balaban J connectivity index is 1.54. The molecule has 1 unspecified atom stereocenters. The van der Waals surface area contributed by atoms with Gasteiger partial charge in [0.2, 0.25) is 0 Å². The van der Waals surface area contributed by atoms with E-state index in [0.717, 1.165) is 22.4 Å². The lowest BCUT2D eigenvalue weighted by Gasteiger charge is -2.44. The third-order valence-electron chi connectivity index (χ3n) is 8.79. The fourth-order valence-electron chi connectivity index (χ4n) is 6.76. The Hall–Kier alpha value is -4.77. The van der Waals surface area contributed by atoms with Crippen LogP contribution in [-0.2, 0) is 9.96 Å². The van der Waals surface area contributed by atoms with E-state index >= 15 is 0 Å². The Labute approximate surface area is 268 Å². The number of nitrogens with zero attached hydrogens (tertiary/aromatic N) is 2. The van der Waals surface area contributed by atoms with E-state index in [9.17, 15) is 0 Å². The fourth-order valence-corrected chi connectivity index (χ4v) is 11.4. The van der Waals surface area contributed by atoms with Gasteiger partial charge < -0.3 is 8.99 Å². The summed E-state index contributed by atoms with van der Waals surface area (Å²) in [6.45, 7) is 11.2. The first kappa shape index (κ1) is 30.3. The predicted molar refractivity (Wildman–Crippen MR) is 188 cm³/mol. The maximum atomic E-state index is 7.50. The second-order valence-electron chi connectivity index (χ2n) is 12.5. The molecule has 1 heterocycles. The molecule has 0 spiro atoms. The third kappa shape index (κ3) is 5.41. The van der Waals surface area contributed by atoms with Gasteiger partial charge in [0.15, 0.2) is 0 Å². The van der Waals surface area contributed by atoms with Crippen molar-refractivity contribution in [3.8, 4) is 0 Å². The zero-order valence-electron chi connectivity index (χ0n) is 26.3. The van der Waals surface area contributed by atoms with E-state index < -0.39 is 20.0 Å². The molecule has 4 heteroatoms. The van der Waals surface area contributed by atoms with Gasteiger partial charge in [0, 0.05) is 6.20 Å². The number of hydrogen-bond acceptors (Lipinski definition) is 2. The first-order valence-electron chi connectivity index (χ1n) is 15.5. The first-order valence-corrected chi connectivity index (χ1v) is 17.4. The topological polar surface area (TPSA) is 27.1 Å². The van der Waals surface area contributed by atoms with E-state index in [-0.39, 0.29) is 5.04 Å². The van der Waals surface area contributed by atoms with Crippen LogP contribution in [0.25, 0.3) is 0 Å². The highest BCUT2D eigenvalue weighted by Crippen LogP contribution is 2.43. The van der Waals surface area contributed by atoms with Crippen molar-refractivity contribution in [2.45, 2.75) is 37.5 Å². The second kappa shape index (κ2) is 12.7. The second-order valence-corrected chi connectivity index (χ2v) is 16.7. The minimum absolute atomic E-state index is 0.179. The Morgan fingerprint density at radius 1 is 0.622 bits per heavy atom. The molecule has 0 aliphatic carbocycles. The van der Waals surface area contributed by atoms with Crippen molar-refractivity contribution in [1.82, 2.24) is 9.55 Å². The standard InChI is InChI=1S/C41H40N2OSi/c1-5-39(44-45(40(2,3)4,36-27-17-9-18-28-36)37-29-19-10-20-30-37)38-31-43(32-42-38)41(33-21-11-6-12-22-33,34-23-13-7-14-24-34)35-25-15-8-16-26-35/h5-32,39H,1H2,2-4H3. The average Bonchev–Trinajstić information content (AvgIpc) is 3.58. The van der Waals surface area contributed by atoms with Gasteiger partial charge in [-0.1, -0.05) is 179 Å². The summed E-state index contributed by atoms with van der Waals surface area (Å²) in [5, 5.41) is 2.27. The maximum Gasteiger partial charge on any atom is 0.262 e. The summed E-state index contributed by atoms with van der Waals surface area (Å²) in [6.07, 6.45) is 5.57. The van der Waals surface area contributed by atoms with Crippen LogP contribution in [0.3, 0.4) is 0 Å². The van der Waals surface area contributed by atoms with Crippen LogP contribution in [0.2, 0.25) is 5.04 Å². The highest BCUT2D eigenvalue weighted by molar-refractivity contribution is 6.99. The molecule has 0 aliphatic heterocycles. The fraction of sp³-hybridized carbons (Fsp3) is 0.146. The molecule has 0 fully saturated rings. The monoisotopic (exact) mass is 604 g/mol. The Morgan fingerprint density at radius 3 is 1.36 bits per heavy atom. The number of rotatable bonds is 10. The molecule has 45 heavy (non-hydrogen) atoms. The summed E-state index contributed by atoms with van der Waals surface area (Å²) in [6, 6.07) is 53.5. The molecular weight excluding hydrogens is 565 g/mol. The van der Waals surface area contributed by atoms with Gasteiger partial charge in [0.1, 0.15) is 11.6 Å². The van der Waals surface area contributed by atoms with Crippen LogP contribution in [0.5, 0.6) is 0 Å². The summed E-state index contributed by atoms with van der Waals surface area (Å²) in [7, 11) is -2.87.